The van der Waals surface area contributed by atoms with Crippen molar-refractivity contribution in [3.63, 3.8) is 0 Å². The molecule has 0 heterocycles. The fourth-order valence-corrected chi connectivity index (χ4v) is 3.77. The van der Waals surface area contributed by atoms with E-state index >= 15 is 0 Å². The Balaban J connectivity index is 2.15. The van der Waals surface area contributed by atoms with E-state index in [1.807, 2.05) is 25.1 Å². The minimum atomic E-state index is -0.335. The van der Waals surface area contributed by atoms with E-state index in [4.69, 9.17) is 0 Å². The largest absolute Gasteiger partial charge is 0.466 e. The van der Waals surface area contributed by atoms with Crippen LogP contribution in [0.5, 0.6) is 0 Å². The van der Waals surface area contributed by atoms with Gasteiger partial charge in [-0.2, -0.15) is 0 Å². The van der Waals surface area contributed by atoms with E-state index < -0.39 is 0 Å². The molecule has 0 bridgehead atoms. The molecule has 0 fully saturated rings. The summed E-state index contributed by atoms with van der Waals surface area (Å²) in [6.45, 7) is 10.9. The summed E-state index contributed by atoms with van der Waals surface area (Å²) in [5.41, 5.74) is 6.16. The number of anilines is 1. The van der Waals surface area contributed by atoms with Crippen molar-refractivity contribution in [2.45, 2.75) is 53.5 Å². The first-order valence-electron chi connectivity index (χ1n) is 10.5. The highest BCUT2D eigenvalue weighted by Crippen LogP contribution is 2.41. The lowest BCUT2D eigenvalue weighted by Gasteiger charge is -2.38. The molecule has 1 unspecified atom stereocenters. The molecule has 1 aromatic carbocycles. The molecular formula is C27H35NO2. The van der Waals surface area contributed by atoms with Gasteiger partial charge in [-0.3, -0.25) is 0 Å². The van der Waals surface area contributed by atoms with Crippen molar-refractivity contribution >= 4 is 11.7 Å². The van der Waals surface area contributed by atoms with E-state index in [0.717, 1.165) is 24.0 Å². The average Bonchev–Trinajstić information content (AvgIpc) is 2.70. The second-order valence-electron chi connectivity index (χ2n) is 8.60. The lowest BCUT2D eigenvalue weighted by atomic mass is 9.71. The van der Waals surface area contributed by atoms with Crippen molar-refractivity contribution in [2.24, 2.45) is 5.41 Å². The van der Waals surface area contributed by atoms with Crippen LogP contribution in [-0.2, 0) is 9.53 Å². The Bertz CT molecular complexity index is 883. The van der Waals surface area contributed by atoms with Crippen molar-refractivity contribution < 1.29 is 9.53 Å². The van der Waals surface area contributed by atoms with Gasteiger partial charge < -0.3 is 10.1 Å². The van der Waals surface area contributed by atoms with Gasteiger partial charge >= 0.3 is 5.97 Å². The highest BCUT2D eigenvalue weighted by molar-refractivity contribution is 5.83. The van der Waals surface area contributed by atoms with Crippen LogP contribution in [0.25, 0.3) is 0 Å². The Hall–Kier alpha value is -2.81. The number of methoxy groups -OCH3 is 1. The molecule has 1 aromatic rings. The van der Waals surface area contributed by atoms with Crippen molar-refractivity contribution in [2.75, 3.05) is 12.4 Å². The summed E-state index contributed by atoms with van der Waals surface area (Å²) >= 11 is 0. The van der Waals surface area contributed by atoms with Crippen LogP contribution in [0.2, 0.25) is 0 Å². The second kappa shape index (κ2) is 10.8. The molecule has 1 aliphatic rings. The maximum absolute atomic E-state index is 11.3. The van der Waals surface area contributed by atoms with Gasteiger partial charge in [0, 0.05) is 17.8 Å². The van der Waals surface area contributed by atoms with Crippen molar-refractivity contribution in [1.29, 1.82) is 0 Å². The van der Waals surface area contributed by atoms with Crippen LogP contribution >= 0.6 is 0 Å². The molecule has 3 heteroatoms. The molecule has 0 spiro atoms. The Morgan fingerprint density at radius 3 is 2.50 bits per heavy atom. The molecule has 0 saturated carbocycles. The number of para-hydroxylation sites is 1. The smallest absolute Gasteiger partial charge is 0.330 e. The number of esters is 1. The Morgan fingerprint density at radius 2 is 1.83 bits per heavy atom. The molecule has 0 saturated heterocycles. The normalized spacial score (nSPS) is 20.1. The van der Waals surface area contributed by atoms with E-state index in [2.05, 4.69) is 80.2 Å². The Kier molecular flexibility index (Phi) is 8.46. The number of carbonyl (C=O) groups excluding carboxylic acids is 1. The molecule has 1 aliphatic carbocycles. The van der Waals surface area contributed by atoms with Crippen LogP contribution in [0.15, 0.2) is 89.1 Å². The first-order valence-corrected chi connectivity index (χ1v) is 10.5. The van der Waals surface area contributed by atoms with Gasteiger partial charge in [-0.05, 0) is 67.9 Å². The van der Waals surface area contributed by atoms with Crippen molar-refractivity contribution in [3.05, 3.63) is 89.1 Å². The predicted molar refractivity (Wildman–Crippen MR) is 127 cm³/mol. The number of rotatable bonds is 7. The lowest BCUT2D eigenvalue weighted by Crippen LogP contribution is -2.32. The SMILES string of the molecule is COC(=O)\C=C(C)/C=C/C=C(C)/C=C/C1=C(C)C(Nc2ccccc2)CCC1(C)C. The van der Waals surface area contributed by atoms with Crippen molar-refractivity contribution in [1.82, 2.24) is 0 Å². The molecule has 0 aromatic heterocycles. The second-order valence-corrected chi connectivity index (χ2v) is 8.60. The van der Waals surface area contributed by atoms with Crippen molar-refractivity contribution in [3.8, 4) is 0 Å². The molecule has 160 valence electrons. The minimum absolute atomic E-state index is 0.158. The topological polar surface area (TPSA) is 38.3 Å². The lowest BCUT2D eigenvalue weighted by molar-refractivity contribution is -0.134. The van der Waals surface area contributed by atoms with Crippen LogP contribution in [-0.4, -0.2) is 19.1 Å². The minimum Gasteiger partial charge on any atom is -0.466 e. The maximum atomic E-state index is 11.3. The maximum Gasteiger partial charge on any atom is 0.330 e. The number of nitrogens with one attached hydrogen (secondary N) is 1. The molecule has 1 atom stereocenters. The number of carbonyl (C=O) groups is 1. The molecule has 3 nitrogen and oxygen atoms in total. The fourth-order valence-electron chi connectivity index (χ4n) is 3.77. The molecule has 30 heavy (non-hydrogen) atoms. The summed E-state index contributed by atoms with van der Waals surface area (Å²) in [6, 6.07) is 10.8. The molecule has 0 radical (unpaired) electrons. The van der Waals surface area contributed by atoms with Gasteiger partial charge in [-0.25, -0.2) is 4.79 Å². The van der Waals surface area contributed by atoms with Crippen LogP contribution in [0.3, 0.4) is 0 Å². The molecular weight excluding hydrogens is 370 g/mol. The summed E-state index contributed by atoms with van der Waals surface area (Å²) in [5.74, 6) is -0.335. The predicted octanol–water partition coefficient (Wildman–Crippen LogP) is 6.78. The molecule has 2 rings (SSSR count). The standard InChI is InChI=1S/C27H35NO2/c1-20(11-10-12-21(2)19-26(29)30-6)15-16-24-22(3)25(17-18-27(24,4)5)28-23-13-8-7-9-14-23/h7-16,19,25,28H,17-18H2,1-6H3/b12-10+,16-15+,20-11+,21-19-. The number of allylic oxidation sites excluding steroid dienone is 8. The monoisotopic (exact) mass is 405 g/mol. The quantitative estimate of drug-likeness (QED) is 0.309. The van der Waals surface area contributed by atoms with E-state index in [1.54, 1.807) is 0 Å². The Labute approximate surface area is 181 Å². The third kappa shape index (κ3) is 6.91. The van der Waals surface area contributed by atoms with Crippen LogP contribution in [0.1, 0.15) is 47.5 Å². The Morgan fingerprint density at radius 1 is 1.13 bits per heavy atom. The average molecular weight is 406 g/mol. The third-order valence-corrected chi connectivity index (χ3v) is 5.63. The number of hydrogen-bond acceptors (Lipinski definition) is 3. The van der Waals surface area contributed by atoms with E-state index in [0.29, 0.717) is 6.04 Å². The molecule has 1 N–H and O–H groups in total. The highest BCUT2D eigenvalue weighted by atomic mass is 16.5. The third-order valence-electron chi connectivity index (χ3n) is 5.63. The fraction of sp³-hybridized carbons (Fsp3) is 0.370. The summed E-state index contributed by atoms with van der Waals surface area (Å²) in [4.78, 5) is 11.3. The summed E-state index contributed by atoms with van der Waals surface area (Å²) in [6.07, 6.45) is 14.1. The van der Waals surface area contributed by atoms with Gasteiger partial charge in [0.25, 0.3) is 0 Å². The van der Waals surface area contributed by atoms with Gasteiger partial charge in [0.1, 0.15) is 0 Å². The highest BCUT2D eigenvalue weighted by Gasteiger charge is 2.31. The van der Waals surface area contributed by atoms with Crippen LogP contribution in [0.4, 0.5) is 5.69 Å². The van der Waals surface area contributed by atoms with Gasteiger partial charge in [0.15, 0.2) is 0 Å². The number of benzene rings is 1. The van der Waals surface area contributed by atoms with Gasteiger partial charge in [0.05, 0.1) is 7.11 Å². The van der Waals surface area contributed by atoms with E-state index in [-0.39, 0.29) is 11.4 Å². The summed E-state index contributed by atoms with van der Waals surface area (Å²) < 4.78 is 4.64. The van der Waals surface area contributed by atoms with Crippen LogP contribution in [0, 0.1) is 5.41 Å². The zero-order valence-corrected chi connectivity index (χ0v) is 19.2. The van der Waals surface area contributed by atoms with Gasteiger partial charge in [0.2, 0.25) is 0 Å². The molecule has 0 aliphatic heterocycles. The van der Waals surface area contributed by atoms with Crippen LogP contribution < -0.4 is 5.32 Å². The zero-order valence-electron chi connectivity index (χ0n) is 19.2. The summed E-state index contributed by atoms with van der Waals surface area (Å²) in [7, 11) is 1.38. The summed E-state index contributed by atoms with van der Waals surface area (Å²) in [5, 5.41) is 3.69. The van der Waals surface area contributed by atoms with Gasteiger partial charge in [-0.15, -0.1) is 0 Å². The first kappa shape index (κ1) is 23.5. The van der Waals surface area contributed by atoms with E-state index in [9.17, 15) is 4.79 Å². The van der Waals surface area contributed by atoms with Gasteiger partial charge in [-0.1, -0.05) is 68.0 Å². The number of ether oxygens (including phenoxy) is 1. The zero-order chi connectivity index (χ0) is 22.1. The number of hydrogen-bond donors (Lipinski definition) is 1. The first-order chi connectivity index (χ1) is 14.2. The van der Waals surface area contributed by atoms with E-state index in [1.165, 1.54) is 30.0 Å². The molecule has 0 amide bonds.